The monoisotopic (exact) mass is 475 g/mol. The smallest absolute Gasteiger partial charge is 0.264 e. The molecule has 8 heteroatoms. The first-order chi connectivity index (χ1) is 15.5. The zero-order valence-electron chi connectivity index (χ0n) is 18.4. The van der Waals surface area contributed by atoms with Crippen molar-refractivity contribution in [2.24, 2.45) is 5.92 Å². The molecule has 1 atom stereocenters. The Kier molecular flexibility index (Phi) is 7.38. The van der Waals surface area contributed by atoms with Gasteiger partial charge in [-0.05, 0) is 75.5 Å². The molecule has 0 radical (unpaired) electrons. The van der Waals surface area contributed by atoms with Gasteiger partial charge in [0.25, 0.3) is 5.91 Å². The number of thiophene rings is 1. The molecule has 4 rings (SSSR count). The van der Waals surface area contributed by atoms with Gasteiger partial charge < -0.3 is 19.8 Å². The first-order valence-electron chi connectivity index (χ1n) is 11.3. The van der Waals surface area contributed by atoms with E-state index in [-0.39, 0.29) is 30.7 Å². The Morgan fingerprint density at radius 3 is 2.78 bits per heavy atom. The van der Waals surface area contributed by atoms with Crippen molar-refractivity contribution >= 4 is 40.4 Å². The fraction of sp³-hybridized carbons (Fsp3) is 0.500. The number of likely N-dealkylation sites (tertiary alicyclic amines) is 1. The number of carbonyl (C=O) groups is 2. The topological polar surface area (TPSA) is 64.1 Å². The van der Waals surface area contributed by atoms with E-state index in [9.17, 15) is 14.7 Å². The van der Waals surface area contributed by atoms with Crippen LogP contribution < -0.4 is 4.90 Å². The quantitative estimate of drug-likeness (QED) is 0.686. The average molecular weight is 476 g/mol. The molecule has 32 heavy (non-hydrogen) atoms. The van der Waals surface area contributed by atoms with Crippen LogP contribution in [-0.2, 0) is 11.3 Å². The van der Waals surface area contributed by atoms with E-state index in [0.717, 1.165) is 32.5 Å². The summed E-state index contributed by atoms with van der Waals surface area (Å²) in [6.45, 7) is 6.32. The molecule has 2 aliphatic rings. The molecule has 0 bridgehead atoms. The highest BCUT2D eigenvalue weighted by Gasteiger charge is 2.31. The maximum Gasteiger partial charge on any atom is 0.264 e. The van der Waals surface area contributed by atoms with Crippen LogP contribution in [-0.4, -0.2) is 59.4 Å². The molecule has 0 aliphatic carbocycles. The van der Waals surface area contributed by atoms with Crippen LogP contribution in [0.25, 0.3) is 0 Å². The van der Waals surface area contributed by atoms with E-state index >= 15 is 0 Å². The number of hydrogen-bond acceptors (Lipinski definition) is 5. The molecular formula is C24H30ClN3O3S. The number of halogens is 1. The molecule has 1 aromatic heterocycles. The van der Waals surface area contributed by atoms with E-state index in [1.807, 2.05) is 6.07 Å². The molecule has 6 nitrogen and oxygen atoms in total. The van der Waals surface area contributed by atoms with Crippen molar-refractivity contribution < 1.29 is 14.7 Å². The van der Waals surface area contributed by atoms with Gasteiger partial charge in [0, 0.05) is 12.1 Å². The highest BCUT2D eigenvalue weighted by molar-refractivity contribution is 7.17. The van der Waals surface area contributed by atoms with Crippen LogP contribution in [0.1, 0.15) is 47.8 Å². The van der Waals surface area contributed by atoms with Crippen LogP contribution in [0.15, 0.2) is 30.3 Å². The number of phenolic OH excluding ortho intramolecular Hbond substituents is 1. The largest absolute Gasteiger partial charge is 0.508 e. The summed E-state index contributed by atoms with van der Waals surface area (Å²) in [5, 5.41) is 10.6. The number of fused-ring (bicyclic) bond motifs is 1. The summed E-state index contributed by atoms with van der Waals surface area (Å²) in [5.41, 5.74) is 1.32. The van der Waals surface area contributed by atoms with Gasteiger partial charge in [0.15, 0.2) is 0 Å². The van der Waals surface area contributed by atoms with Crippen molar-refractivity contribution in [2.45, 2.75) is 39.2 Å². The van der Waals surface area contributed by atoms with E-state index in [2.05, 4.69) is 11.8 Å². The first-order valence-corrected chi connectivity index (χ1v) is 12.5. The maximum absolute atomic E-state index is 13.3. The maximum atomic E-state index is 13.3. The molecule has 2 amide bonds. The SMILES string of the molecule is CCN1CCCC(CCN2C(=O)CN(C(=O)c3ccc(Cl)s3)Cc3c(O)cccc32)CC1. The Balaban J connectivity index is 1.53. The van der Waals surface area contributed by atoms with E-state index in [1.54, 1.807) is 29.2 Å². The van der Waals surface area contributed by atoms with Gasteiger partial charge >= 0.3 is 0 Å². The summed E-state index contributed by atoms with van der Waals surface area (Å²) < 4.78 is 0.532. The first kappa shape index (κ1) is 23.1. The molecule has 3 heterocycles. The van der Waals surface area contributed by atoms with Gasteiger partial charge in [-0.1, -0.05) is 24.6 Å². The lowest BCUT2D eigenvalue weighted by molar-refractivity contribution is -0.119. The third-order valence-electron chi connectivity index (χ3n) is 6.61. The highest BCUT2D eigenvalue weighted by Crippen LogP contribution is 2.34. The summed E-state index contributed by atoms with van der Waals surface area (Å²) >= 11 is 7.21. The van der Waals surface area contributed by atoms with Crippen LogP contribution in [0.3, 0.4) is 0 Å². The minimum absolute atomic E-state index is 0.0171. The summed E-state index contributed by atoms with van der Waals surface area (Å²) in [5.74, 6) is 0.329. The average Bonchev–Trinajstić information content (AvgIpc) is 3.00. The van der Waals surface area contributed by atoms with Crippen LogP contribution in [0.2, 0.25) is 4.34 Å². The molecule has 2 aliphatic heterocycles. The van der Waals surface area contributed by atoms with Crippen molar-refractivity contribution in [3.63, 3.8) is 0 Å². The minimum atomic E-state index is -0.241. The number of carbonyl (C=O) groups excluding carboxylic acids is 2. The van der Waals surface area contributed by atoms with Gasteiger partial charge in [-0.15, -0.1) is 11.3 Å². The number of nitrogens with zero attached hydrogens (tertiary/aromatic N) is 3. The van der Waals surface area contributed by atoms with Gasteiger partial charge in [0.2, 0.25) is 5.91 Å². The Morgan fingerprint density at radius 1 is 1.19 bits per heavy atom. The number of aromatic hydroxyl groups is 1. The Bertz CT molecular complexity index is 979. The molecule has 1 fully saturated rings. The van der Waals surface area contributed by atoms with Gasteiger partial charge in [-0.25, -0.2) is 0 Å². The van der Waals surface area contributed by atoms with E-state index in [0.29, 0.717) is 32.9 Å². The summed E-state index contributed by atoms with van der Waals surface area (Å²) in [7, 11) is 0. The van der Waals surface area contributed by atoms with Crippen molar-refractivity contribution in [2.75, 3.05) is 37.6 Å². The number of benzene rings is 1. The fourth-order valence-corrected chi connectivity index (χ4v) is 5.73. The molecule has 0 saturated carbocycles. The second-order valence-corrected chi connectivity index (χ2v) is 10.3. The summed E-state index contributed by atoms with van der Waals surface area (Å²) in [4.78, 5) is 32.6. The number of phenols is 1. The third-order valence-corrected chi connectivity index (χ3v) is 7.83. The van der Waals surface area contributed by atoms with Gasteiger partial charge in [0.1, 0.15) is 12.3 Å². The summed E-state index contributed by atoms with van der Waals surface area (Å²) in [6.07, 6.45) is 4.43. The van der Waals surface area contributed by atoms with Crippen LogP contribution in [0, 0.1) is 5.92 Å². The zero-order valence-corrected chi connectivity index (χ0v) is 20.0. The lowest BCUT2D eigenvalue weighted by atomic mass is 9.96. The number of amides is 2. The Hall–Kier alpha value is -2.09. The molecule has 172 valence electrons. The molecule has 0 spiro atoms. The molecule has 1 unspecified atom stereocenters. The minimum Gasteiger partial charge on any atom is -0.508 e. The molecular weight excluding hydrogens is 446 g/mol. The second kappa shape index (κ2) is 10.2. The highest BCUT2D eigenvalue weighted by atomic mass is 35.5. The van der Waals surface area contributed by atoms with Gasteiger partial charge in [0.05, 0.1) is 21.4 Å². The standard InChI is InChI=1S/C24H30ClN3O3S/c1-2-26-12-4-5-17(10-13-26)11-14-28-19-6-3-7-20(29)18(19)15-27(16-23(28)30)24(31)21-8-9-22(25)32-21/h3,6-9,17,29H,2,4-5,10-16H2,1H3. The fourth-order valence-electron chi connectivity index (χ4n) is 4.72. The Morgan fingerprint density at radius 2 is 2.03 bits per heavy atom. The predicted octanol–water partition coefficient (Wildman–Crippen LogP) is 4.61. The van der Waals surface area contributed by atoms with Crippen molar-refractivity contribution in [3.05, 3.63) is 45.1 Å². The molecule has 2 aromatic rings. The zero-order chi connectivity index (χ0) is 22.7. The normalized spacial score (nSPS) is 20.1. The number of hydrogen-bond donors (Lipinski definition) is 1. The lowest BCUT2D eigenvalue weighted by Crippen LogP contribution is -2.40. The van der Waals surface area contributed by atoms with Crippen molar-refractivity contribution in [1.82, 2.24) is 9.80 Å². The molecule has 1 aromatic carbocycles. The second-order valence-electron chi connectivity index (χ2n) is 8.61. The van der Waals surface area contributed by atoms with Gasteiger partial charge in [-0.3, -0.25) is 9.59 Å². The Labute approximate surface area is 198 Å². The van der Waals surface area contributed by atoms with Crippen LogP contribution in [0.4, 0.5) is 5.69 Å². The van der Waals surface area contributed by atoms with Crippen molar-refractivity contribution in [3.8, 4) is 5.75 Å². The predicted molar refractivity (Wildman–Crippen MR) is 129 cm³/mol. The van der Waals surface area contributed by atoms with Gasteiger partial charge in [-0.2, -0.15) is 0 Å². The van der Waals surface area contributed by atoms with E-state index < -0.39 is 0 Å². The van der Waals surface area contributed by atoms with E-state index in [4.69, 9.17) is 11.6 Å². The lowest BCUT2D eigenvalue weighted by Gasteiger charge is -2.25. The van der Waals surface area contributed by atoms with E-state index in [1.165, 1.54) is 29.1 Å². The molecule has 1 N–H and O–H groups in total. The van der Waals surface area contributed by atoms with Crippen LogP contribution >= 0.6 is 22.9 Å². The third kappa shape index (κ3) is 5.11. The van der Waals surface area contributed by atoms with Crippen LogP contribution in [0.5, 0.6) is 5.75 Å². The number of rotatable bonds is 5. The summed E-state index contributed by atoms with van der Waals surface area (Å²) in [6, 6.07) is 8.61. The number of anilines is 1. The molecule has 1 saturated heterocycles. The van der Waals surface area contributed by atoms with Crippen molar-refractivity contribution in [1.29, 1.82) is 0 Å².